The summed E-state index contributed by atoms with van der Waals surface area (Å²) in [5.74, 6) is -1.97. The standard InChI is InChI=1S/C78H151NO8/c1-6-8-10-12-14-16-18-20-22-24-26-28-30-31-32-33-34-35-36-37-38-39-40-41-42-43-44-45-47-49-51-53-55-57-59-61-63-65-67-69-76(81)87-74(73-86-78(77(82)83)84-71-70-79(3,4)5)72-85-75(80)68-66-64-62-60-58-56-54-52-50-48-46-29-27-25-23-21-19-17-15-13-11-9-7-2/h24,26,74,78H,6-23,25,27-73H2,1-5H3/p+1/b26-24-. The molecule has 0 saturated carbocycles. The van der Waals surface area contributed by atoms with Crippen LogP contribution in [0.2, 0.25) is 0 Å². The van der Waals surface area contributed by atoms with Crippen molar-refractivity contribution >= 4 is 17.9 Å². The fraction of sp³-hybridized carbons (Fsp3) is 0.936. The second-order valence-electron chi connectivity index (χ2n) is 28.0. The molecule has 0 bridgehead atoms. The van der Waals surface area contributed by atoms with Crippen LogP contribution in [0.25, 0.3) is 0 Å². The predicted octanol–water partition coefficient (Wildman–Crippen LogP) is 24.4. The van der Waals surface area contributed by atoms with Gasteiger partial charge < -0.3 is 28.5 Å². The van der Waals surface area contributed by atoms with Gasteiger partial charge in [0.15, 0.2) is 6.10 Å². The van der Waals surface area contributed by atoms with E-state index in [9.17, 15) is 19.5 Å². The Bertz CT molecular complexity index is 1430. The number of hydrogen-bond acceptors (Lipinski definition) is 7. The highest BCUT2D eigenvalue weighted by Crippen LogP contribution is 2.20. The number of carbonyl (C=O) groups excluding carboxylic acids is 2. The third-order valence-corrected chi connectivity index (χ3v) is 18.0. The highest BCUT2D eigenvalue weighted by molar-refractivity contribution is 5.71. The van der Waals surface area contributed by atoms with Gasteiger partial charge in [-0.3, -0.25) is 9.59 Å². The fourth-order valence-electron chi connectivity index (χ4n) is 12.1. The second kappa shape index (κ2) is 69.9. The molecular weight excluding hydrogens is 1080 g/mol. The first-order valence-electron chi connectivity index (χ1n) is 38.9. The van der Waals surface area contributed by atoms with Gasteiger partial charge in [0, 0.05) is 12.8 Å². The van der Waals surface area contributed by atoms with Crippen molar-refractivity contribution in [2.75, 3.05) is 47.5 Å². The van der Waals surface area contributed by atoms with Gasteiger partial charge in [-0.05, 0) is 38.5 Å². The molecule has 0 fully saturated rings. The average molecular weight is 1230 g/mol. The van der Waals surface area contributed by atoms with Crippen LogP contribution < -0.4 is 0 Å². The van der Waals surface area contributed by atoms with Gasteiger partial charge in [-0.15, -0.1) is 0 Å². The summed E-state index contributed by atoms with van der Waals surface area (Å²) in [6.07, 6.45) is 83.7. The number of unbranched alkanes of at least 4 members (excludes halogenated alkanes) is 57. The third kappa shape index (κ3) is 71.3. The number of esters is 2. The number of likely N-dealkylation sites (N-methyl/N-ethyl adjacent to an activating group) is 1. The molecule has 0 amide bonds. The number of quaternary nitrogens is 1. The van der Waals surface area contributed by atoms with E-state index in [1.54, 1.807) is 0 Å². The van der Waals surface area contributed by atoms with Crippen molar-refractivity contribution < 1.29 is 42.9 Å². The van der Waals surface area contributed by atoms with Crippen molar-refractivity contribution in [3.8, 4) is 0 Å². The van der Waals surface area contributed by atoms with E-state index in [0.29, 0.717) is 17.4 Å². The van der Waals surface area contributed by atoms with E-state index in [1.165, 1.54) is 347 Å². The fourth-order valence-corrected chi connectivity index (χ4v) is 12.1. The molecule has 0 aliphatic carbocycles. The molecule has 87 heavy (non-hydrogen) atoms. The van der Waals surface area contributed by atoms with Crippen molar-refractivity contribution in [1.29, 1.82) is 0 Å². The molecule has 516 valence electrons. The van der Waals surface area contributed by atoms with E-state index < -0.39 is 18.4 Å². The van der Waals surface area contributed by atoms with E-state index in [-0.39, 0.29) is 38.2 Å². The highest BCUT2D eigenvalue weighted by atomic mass is 16.7. The van der Waals surface area contributed by atoms with E-state index >= 15 is 0 Å². The topological polar surface area (TPSA) is 108 Å². The first-order chi connectivity index (χ1) is 42.6. The van der Waals surface area contributed by atoms with E-state index in [4.69, 9.17) is 18.9 Å². The Morgan fingerprint density at radius 2 is 0.586 bits per heavy atom. The normalized spacial score (nSPS) is 12.6. The summed E-state index contributed by atoms with van der Waals surface area (Å²) < 4.78 is 23.0. The van der Waals surface area contributed by atoms with Crippen molar-refractivity contribution in [2.24, 2.45) is 0 Å². The van der Waals surface area contributed by atoms with Gasteiger partial charge in [-0.25, -0.2) is 4.79 Å². The lowest BCUT2D eigenvalue weighted by atomic mass is 10.0. The van der Waals surface area contributed by atoms with Crippen molar-refractivity contribution in [2.45, 2.75) is 424 Å². The molecule has 0 aromatic heterocycles. The summed E-state index contributed by atoms with van der Waals surface area (Å²) in [6.45, 7) is 4.97. The quantitative estimate of drug-likeness (QED) is 0.0211. The van der Waals surface area contributed by atoms with Crippen molar-refractivity contribution in [1.82, 2.24) is 0 Å². The highest BCUT2D eigenvalue weighted by Gasteiger charge is 2.25. The van der Waals surface area contributed by atoms with Crippen LogP contribution in [-0.2, 0) is 33.3 Å². The number of carboxylic acid groups (broad SMARTS) is 1. The van der Waals surface area contributed by atoms with E-state index in [2.05, 4.69) is 26.0 Å². The minimum absolute atomic E-state index is 0.173. The van der Waals surface area contributed by atoms with Gasteiger partial charge in [0.1, 0.15) is 13.2 Å². The Morgan fingerprint density at radius 1 is 0.333 bits per heavy atom. The minimum atomic E-state index is -1.51. The summed E-state index contributed by atoms with van der Waals surface area (Å²) in [6, 6.07) is 0. The van der Waals surface area contributed by atoms with Gasteiger partial charge in [0.05, 0.1) is 34.4 Å². The molecule has 0 aromatic rings. The number of ether oxygens (including phenoxy) is 4. The zero-order valence-corrected chi connectivity index (χ0v) is 59.2. The first-order valence-corrected chi connectivity index (χ1v) is 38.9. The number of rotatable bonds is 74. The van der Waals surface area contributed by atoms with Gasteiger partial charge >= 0.3 is 17.9 Å². The number of nitrogens with zero attached hydrogens (tertiary/aromatic N) is 1. The maximum Gasteiger partial charge on any atom is 0.361 e. The lowest BCUT2D eigenvalue weighted by molar-refractivity contribution is -0.870. The van der Waals surface area contributed by atoms with Crippen LogP contribution in [0.4, 0.5) is 0 Å². The number of carboxylic acids is 1. The molecule has 0 aromatic carbocycles. The summed E-state index contributed by atoms with van der Waals surface area (Å²) in [7, 11) is 6.00. The zero-order chi connectivity index (χ0) is 63.3. The number of hydrogen-bond donors (Lipinski definition) is 1. The summed E-state index contributed by atoms with van der Waals surface area (Å²) >= 11 is 0. The molecule has 0 aliphatic heterocycles. The number of aliphatic carboxylic acids is 1. The van der Waals surface area contributed by atoms with E-state index in [0.717, 1.165) is 38.5 Å². The molecule has 9 nitrogen and oxygen atoms in total. The summed E-state index contributed by atoms with van der Waals surface area (Å²) in [5, 5.41) is 9.76. The van der Waals surface area contributed by atoms with Crippen LogP contribution in [0.3, 0.4) is 0 Å². The summed E-state index contributed by atoms with van der Waals surface area (Å²) in [5.41, 5.74) is 0. The van der Waals surface area contributed by atoms with Crippen LogP contribution in [0.15, 0.2) is 12.2 Å². The molecule has 0 aliphatic rings. The Hall–Kier alpha value is -1.97. The maximum absolute atomic E-state index is 13.0. The predicted molar refractivity (Wildman–Crippen MR) is 374 cm³/mol. The number of allylic oxidation sites excluding steroid dienone is 2. The molecule has 2 atom stereocenters. The Balaban J connectivity index is 3.93. The average Bonchev–Trinajstić information content (AvgIpc) is 3.55. The molecule has 0 spiro atoms. The summed E-state index contributed by atoms with van der Waals surface area (Å²) in [4.78, 5) is 37.7. The second-order valence-corrected chi connectivity index (χ2v) is 28.0. The smallest absolute Gasteiger partial charge is 0.361 e. The third-order valence-electron chi connectivity index (χ3n) is 18.0. The zero-order valence-electron chi connectivity index (χ0n) is 59.2. The van der Waals surface area contributed by atoms with Crippen LogP contribution in [0.1, 0.15) is 412 Å². The molecule has 2 unspecified atom stereocenters. The Kier molecular flexibility index (Phi) is 68.3. The van der Waals surface area contributed by atoms with Crippen LogP contribution in [-0.4, -0.2) is 87.4 Å². The maximum atomic E-state index is 13.0. The Morgan fingerprint density at radius 3 is 0.851 bits per heavy atom. The Labute approximate surface area is 542 Å². The van der Waals surface area contributed by atoms with Gasteiger partial charge in [-0.1, -0.05) is 373 Å². The van der Waals surface area contributed by atoms with E-state index in [1.807, 2.05) is 21.1 Å². The van der Waals surface area contributed by atoms with Crippen LogP contribution >= 0.6 is 0 Å². The van der Waals surface area contributed by atoms with Gasteiger partial charge in [0.2, 0.25) is 0 Å². The van der Waals surface area contributed by atoms with Gasteiger partial charge in [0.25, 0.3) is 6.29 Å². The SMILES string of the molecule is CCCCCCCCCC/C=C\CCCCCCCCCCCCCCCCCCCCCCCCCCCCCC(=O)OC(COC(=O)CCCCCCCCCCCCCCCCCCCCCCCCC)COC(OCC[N+](C)(C)C)C(=O)O. The molecule has 0 radical (unpaired) electrons. The molecule has 0 heterocycles. The molecule has 0 saturated heterocycles. The molecule has 0 rings (SSSR count). The lowest BCUT2D eigenvalue weighted by Crippen LogP contribution is -2.40. The van der Waals surface area contributed by atoms with Crippen molar-refractivity contribution in [3.63, 3.8) is 0 Å². The largest absolute Gasteiger partial charge is 0.477 e. The van der Waals surface area contributed by atoms with Crippen LogP contribution in [0, 0.1) is 0 Å². The van der Waals surface area contributed by atoms with Crippen LogP contribution in [0.5, 0.6) is 0 Å². The van der Waals surface area contributed by atoms with Crippen molar-refractivity contribution in [3.05, 3.63) is 12.2 Å². The first kappa shape index (κ1) is 85.0. The molecular formula is C78H152NO8+. The van der Waals surface area contributed by atoms with Gasteiger partial charge in [-0.2, -0.15) is 0 Å². The minimum Gasteiger partial charge on any atom is -0.477 e. The number of carbonyl (C=O) groups is 3. The monoisotopic (exact) mass is 1230 g/mol. The molecule has 9 heteroatoms. The molecule has 1 N–H and O–H groups in total. The lowest BCUT2D eigenvalue weighted by Gasteiger charge is -2.25.